The fourth-order valence-electron chi connectivity index (χ4n) is 6.52. The molecule has 1 amide bonds. The van der Waals surface area contributed by atoms with Gasteiger partial charge in [-0.3, -0.25) is 4.79 Å². The van der Waals surface area contributed by atoms with Crippen molar-refractivity contribution in [3.63, 3.8) is 0 Å². The van der Waals surface area contributed by atoms with Gasteiger partial charge in [0, 0.05) is 12.6 Å². The van der Waals surface area contributed by atoms with Crippen LogP contribution in [0.5, 0.6) is 0 Å². The summed E-state index contributed by atoms with van der Waals surface area (Å²) in [6, 6.07) is 0.117. The average molecular weight is 292 g/mol. The van der Waals surface area contributed by atoms with Crippen LogP contribution in [-0.2, 0) is 4.79 Å². The van der Waals surface area contributed by atoms with Crippen LogP contribution < -0.4 is 11.1 Å². The lowest BCUT2D eigenvalue weighted by Crippen LogP contribution is -2.61. The van der Waals surface area contributed by atoms with E-state index in [1.807, 2.05) is 0 Å². The normalized spacial score (nSPS) is 45.9. The molecule has 0 aliphatic heterocycles. The lowest BCUT2D eigenvalue weighted by Gasteiger charge is -2.64. The van der Waals surface area contributed by atoms with E-state index in [0.29, 0.717) is 29.2 Å². The van der Waals surface area contributed by atoms with Gasteiger partial charge in [0.2, 0.25) is 5.91 Å². The van der Waals surface area contributed by atoms with Crippen LogP contribution in [0.25, 0.3) is 0 Å². The van der Waals surface area contributed by atoms with Gasteiger partial charge in [-0.15, -0.1) is 0 Å². The fraction of sp³-hybridized carbons (Fsp3) is 0.944. The van der Waals surface area contributed by atoms with Crippen molar-refractivity contribution in [3.05, 3.63) is 0 Å². The number of hydrogen-bond donors (Lipinski definition) is 2. The molecule has 0 radical (unpaired) electrons. The maximum absolute atomic E-state index is 13.1. The Kier molecular flexibility index (Phi) is 3.44. The number of amides is 1. The molecule has 3 atom stereocenters. The molecule has 0 spiro atoms. The maximum Gasteiger partial charge on any atom is 0.226 e. The number of rotatable bonds is 4. The quantitative estimate of drug-likeness (QED) is 0.836. The molecular weight excluding hydrogens is 260 g/mol. The Balaban J connectivity index is 1.82. The van der Waals surface area contributed by atoms with Gasteiger partial charge in [-0.05, 0) is 61.2 Å². The first-order valence-corrected chi connectivity index (χ1v) is 8.70. The van der Waals surface area contributed by atoms with Crippen LogP contribution in [0.2, 0.25) is 0 Å². The van der Waals surface area contributed by atoms with Crippen molar-refractivity contribution in [2.24, 2.45) is 33.8 Å². The summed E-state index contributed by atoms with van der Waals surface area (Å²) in [5, 5.41) is 3.29. The molecule has 4 saturated carbocycles. The molecule has 0 aromatic carbocycles. The third-order valence-corrected chi connectivity index (χ3v) is 6.48. The van der Waals surface area contributed by atoms with E-state index in [1.165, 1.54) is 19.3 Å². The highest BCUT2D eigenvalue weighted by atomic mass is 16.2. The van der Waals surface area contributed by atoms with Crippen LogP contribution in [0.15, 0.2) is 0 Å². The largest absolute Gasteiger partial charge is 0.351 e. The number of nitrogens with two attached hydrogens (primary N) is 1. The minimum atomic E-state index is -0.106. The SMILES string of the molecule is CC(C)C(CN)NC(=O)C12CC3CC(C)(CC(C)(C3)C1)C2. The molecule has 0 aromatic heterocycles. The zero-order chi connectivity index (χ0) is 15.5. The summed E-state index contributed by atoms with van der Waals surface area (Å²) in [5.41, 5.74) is 6.53. The minimum Gasteiger partial charge on any atom is -0.351 e. The topological polar surface area (TPSA) is 55.1 Å². The maximum atomic E-state index is 13.1. The number of carbonyl (C=O) groups excluding carboxylic acids is 1. The van der Waals surface area contributed by atoms with Crippen molar-refractivity contribution in [3.8, 4) is 0 Å². The van der Waals surface area contributed by atoms with E-state index in [9.17, 15) is 4.79 Å². The highest BCUT2D eigenvalue weighted by molar-refractivity contribution is 5.83. The Morgan fingerprint density at radius 3 is 2.14 bits per heavy atom. The van der Waals surface area contributed by atoms with Crippen LogP contribution in [0.1, 0.15) is 66.2 Å². The third kappa shape index (κ3) is 2.52. The van der Waals surface area contributed by atoms with Gasteiger partial charge >= 0.3 is 0 Å². The molecule has 4 fully saturated rings. The van der Waals surface area contributed by atoms with Gasteiger partial charge in [-0.1, -0.05) is 27.7 Å². The Morgan fingerprint density at radius 2 is 1.71 bits per heavy atom. The monoisotopic (exact) mass is 292 g/mol. The van der Waals surface area contributed by atoms with Gasteiger partial charge in [0.25, 0.3) is 0 Å². The van der Waals surface area contributed by atoms with Gasteiger partial charge in [0.15, 0.2) is 0 Å². The van der Waals surface area contributed by atoms with Crippen molar-refractivity contribution in [1.82, 2.24) is 5.32 Å². The van der Waals surface area contributed by atoms with Gasteiger partial charge < -0.3 is 11.1 Å². The predicted octanol–water partition coefficient (Wildman–Crippen LogP) is 3.08. The van der Waals surface area contributed by atoms with E-state index in [1.54, 1.807) is 0 Å². The van der Waals surface area contributed by atoms with Crippen LogP contribution in [0, 0.1) is 28.1 Å². The molecule has 4 aliphatic rings. The van der Waals surface area contributed by atoms with E-state index in [4.69, 9.17) is 5.73 Å². The zero-order valence-electron chi connectivity index (χ0n) is 14.2. The second-order valence-electron chi connectivity index (χ2n) is 9.47. The van der Waals surface area contributed by atoms with E-state index in [2.05, 4.69) is 33.0 Å². The Morgan fingerprint density at radius 1 is 1.14 bits per heavy atom. The molecule has 4 bridgehead atoms. The molecule has 0 aromatic rings. The molecule has 4 rings (SSSR count). The number of hydrogen-bond acceptors (Lipinski definition) is 2. The summed E-state index contributed by atoms with van der Waals surface area (Å²) >= 11 is 0. The van der Waals surface area contributed by atoms with Gasteiger partial charge in [0.05, 0.1) is 5.41 Å². The number of carbonyl (C=O) groups is 1. The molecule has 3 heteroatoms. The van der Waals surface area contributed by atoms with Crippen LogP contribution in [-0.4, -0.2) is 18.5 Å². The summed E-state index contributed by atoms with van der Waals surface area (Å²) in [4.78, 5) is 13.1. The van der Waals surface area contributed by atoms with Crippen LogP contribution in [0.3, 0.4) is 0 Å². The van der Waals surface area contributed by atoms with Gasteiger partial charge in [-0.2, -0.15) is 0 Å². The highest BCUT2D eigenvalue weighted by Crippen LogP contribution is 2.69. The summed E-state index contributed by atoms with van der Waals surface area (Å²) in [7, 11) is 0. The summed E-state index contributed by atoms with van der Waals surface area (Å²) in [5.74, 6) is 1.46. The predicted molar refractivity (Wildman–Crippen MR) is 85.7 cm³/mol. The first-order valence-electron chi connectivity index (χ1n) is 8.70. The zero-order valence-corrected chi connectivity index (χ0v) is 14.2. The fourth-order valence-corrected chi connectivity index (χ4v) is 6.52. The molecule has 0 saturated heterocycles. The summed E-state index contributed by atoms with van der Waals surface area (Å²) < 4.78 is 0. The Bertz CT molecular complexity index is 426. The smallest absolute Gasteiger partial charge is 0.226 e. The van der Waals surface area contributed by atoms with Gasteiger partial charge in [0.1, 0.15) is 0 Å². The van der Waals surface area contributed by atoms with Crippen molar-refractivity contribution in [2.75, 3.05) is 6.54 Å². The van der Waals surface area contributed by atoms with Crippen LogP contribution in [0.4, 0.5) is 0 Å². The first kappa shape index (κ1) is 15.3. The lowest BCUT2D eigenvalue weighted by atomic mass is 9.40. The van der Waals surface area contributed by atoms with Crippen molar-refractivity contribution < 1.29 is 4.79 Å². The Labute approximate surface area is 129 Å². The molecule has 3 N–H and O–H groups in total. The van der Waals surface area contributed by atoms with Crippen LogP contribution >= 0.6 is 0 Å². The van der Waals surface area contributed by atoms with E-state index >= 15 is 0 Å². The summed E-state index contributed by atoms with van der Waals surface area (Å²) in [6.07, 6.45) is 7.28. The molecule has 21 heavy (non-hydrogen) atoms. The lowest BCUT2D eigenvalue weighted by molar-refractivity contribution is -0.170. The second-order valence-corrected chi connectivity index (χ2v) is 9.47. The molecule has 0 heterocycles. The standard InChI is InChI=1S/C18H32N2O/c1-12(2)14(8-19)20-15(21)18-7-13-5-16(3,10-18)9-17(4,6-13)11-18/h12-14H,5-11,19H2,1-4H3,(H,20,21). The van der Waals surface area contributed by atoms with Crippen molar-refractivity contribution in [1.29, 1.82) is 0 Å². The summed E-state index contributed by atoms with van der Waals surface area (Å²) in [6.45, 7) is 9.65. The second kappa shape index (κ2) is 4.71. The molecule has 120 valence electrons. The molecular formula is C18H32N2O. The van der Waals surface area contributed by atoms with Crippen molar-refractivity contribution >= 4 is 5.91 Å². The Hall–Kier alpha value is -0.570. The molecule has 3 unspecified atom stereocenters. The van der Waals surface area contributed by atoms with E-state index in [0.717, 1.165) is 25.2 Å². The number of nitrogens with one attached hydrogen (secondary N) is 1. The van der Waals surface area contributed by atoms with E-state index in [-0.39, 0.29) is 11.5 Å². The van der Waals surface area contributed by atoms with Gasteiger partial charge in [-0.25, -0.2) is 0 Å². The molecule has 3 nitrogen and oxygen atoms in total. The first-order chi connectivity index (χ1) is 9.69. The highest BCUT2D eigenvalue weighted by Gasteiger charge is 2.62. The minimum absolute atomic E-state index is 0.106. The van der Waals surface area contributed by atoms with E-state index < -0.39 is 0 Å². The van der Waals surface area contributed by atoms with Crippen molar-refractivity contribution in [2.45, 2.75) is 72.3 Å². The molecule has 4 aliphatic carbocycles. The average Bonchev–Trinajstić information content (AvgIpc) is 2.30. The third-order valence-electron chi connectivity index (χ3n) is 6.48.